The van der Waals surface area contributed by atoms with Crippen molar-refractivity contribution in [2.24, 2.45) is 7.05 Å². The van der Waals surface area contributed by atoms with Gasteiger partial charge in [0.05, 0.1) is 17.1 Å². The Morgan fingerprint density at radius 1 is 1.15 bits per heavy atom. The Bertz CT molecular complexity index is 1350. The molecule has 0 aliphatic heterocycles. The molecule has 5 rings (SSSR count). The number of nitrogens with zero attached hydrogens (tertiary/aromatic N) is 6. The van der Waals surface area contributed by atoms with Crippen molar-refractivity contribution in [3.05, 3.63) is 70.9 Å². The lowest BCUT2D eigenvalue weighted by Gasteiger charge is -2.08. The SMILES string of the molecule is Cc1c(NC(=O)CSc2nnc(-c3cccnc3)n2C2CC2)c(=O)n(-c2ccccc2)n1C. The van der Waals surface area contributed by atoms with E-state index in [0.717, 1.165) is 29.9 Å². The summed E-state index contributed by atoms with van der Waals surface area (Å²) < 4.78 is 5.37. The van der Waals surface area contributed by atoms with Gasteiger partial charge in [-0.05, 0) is 44.0 Å². The van der Waals surface area contributed by atoms with E-state index < -0.39 is 0 Å². The zero-order valence-electron chi connectivity index (χ0n) is 18.3. The first-order valence-electron chi connectivity index (χ1n) is 10.7. The fourth-order valence-corrected chi connectivity index (χ4v) is 4.55. The van der Waals surface area contributed by atoms with Gasteiger partial charge in [-0.15, -0.1) is 10.2 Å². The quantitative estimate of drug-likeness (QED) is 0.424. The summed E-state index contributed by atoms with van der Waals surface area (Å²) in [5.74, 6) is 0.620. The standard InChI is InChI=1S/C23H23N7O2S/c1-15-20(22(32)30(28(15)2)18-8-4-3-5-9-18)25-19(31)14-33-23-27-26-21(29(23)17-10-11-17)16-7-6-12-24-13-16/h3-9,12-13,17H,10-11,14H2,1-2H3,(H,25,31). The third-order valence-electron chi connectivity index (χ3n) is 5.65. The van der Waals surface area contributed by atoms with Crippen molar-refractivity contribution in [2.45, 2.75) is 31.0 Å². The van der Waals surface area contributed by atoms with E-state index >= 15 is 0 Å². The minimum absolute atomic E-state index is 0.122. The molecule has 0 radical (unpaired) electrons. The molecule has 0 atom stereocenters. The number of nitrogens with one attached hydrogen (secondary N) is 1. The van der Waals surface area contributed by atoms with E-state index in [1.165, 1.54) is 11.8 Å². The van der Waals surface area contributed by atoms with Crippen LogP contribution in [0.4, 0.5) is 5.69 Å². The third kappa shape index (κ3) is 4.09. The highest BCUT2D eigenvalue weighted by molar-refractivity contribution is 7.99. The van der Waals surface area contributed by atoms with Crippen LogP contribution in [0, 0.1) is 6.92 Å². The summed E-state index contributed by atoms with van der Waals surface area (Å²) in [5.41, 5.74) is 2.34. The Kier molecular flexibility index (Phi) is 5.59. The summed E-state index contributed by atoms with van der Waals surface area (Å²) in [6.07, 6.45) is 5.61. The number of anilines is 1. The molecule has 1 saturated carbocycles. The van der Waals surface area contributed by atoms with Gasteiger partial charge in [-0.1, -0.05) is 30.0 Å². The number of benzene rings is 1. The Morgan fingerprint density at radius 2 is 1.94 bits per heavy atom. The van der Waals surface area contributed by atoms with E-state index in [1.807, 2.05) is 49.4 Å². The molecule has 1 aliphatic carbocycles. The van der Waals surface area contributed by atoms with Crippen LogP contribution in [0.1, 0.15) is 24.6 Å². The molecule has 1 amide bonds. The molecular formula is C23H23N7O2S. The smallest absolute Gasteiger partial charge is 0.295 e. The second-order valence-electron chi connectivity index (χ2n) is 7.92. The Labute approximate surface area is 194 Å². The van der Waals surface area contributed by atoms with Crippen molar-refractivity contribution in [1.82, 2.24) is 29.1 Å². The Hall–Kier alpha value is -3.66. The maximum absolute atomic E-state index is 13.0. The van der Waals surface area contributed by atoms with Crippen molar-refractivity contribution in [1.29, 1.82) is 0 Å². The highest BCUT2D eigenvalue weighted by Crippen LogP contribution is 2.40. The molecule has 1 aromatic carbocycles. The van der Waals surface area contributed by atoms with Crippen LogP contribution in [0.25, 0.3) is 17.1 Å². The van der Waals surface area contributed by atoms with Gasteiger partial charge in [-0.3, -0.25) is 23.8 Å². The third-order valence-corrected chi connectivity index (χ3v) is 6.59. The number of hydrogen-bond acceptors (Lipinski definition) is 6. The summed E-state index contributed by atoms with van der Waals surface area (Å²) in [6.45, 7) is 1.81. The molecule has 0 unspecified atom stereocenters. The topological polar surface area (TPSA) is 99.6 Å². The van der Waals surface area contributed by atoms with Crippen molar-refractivity contribution >= 4 is 23.4 Å². The summed E-state index contributed by atoms with van der Waals surface area (Å²) in [4.78, 5) is 30.0. The molecule has 0 spiro atoms. The molecule has 4 aromatic rings. The maximum atomic E-state index is 13.0. The number of pyridine rings is 1. The Morgan fingerprint density at radius 3 is 2.64 bits per heavy atom. The first-order chi connectivity index (χ1) is 16.0. The number of carbonyl (C=O) groups is 1. The van der Waals surface area contributed by atoms with E-state index in [9.17, 15) is 9.59 Å². The first-order valence-corrected chi connectivity index (χ1v) is 11.6. The van der Waals surface area contributed by atoms with Crippen molar-refractivity contribution < 1.29 is 4.79 Å². The highest BCUT2D eigenvalue weighted by atomic mass is 32.2. The van der Waals surface area contributed by atoms with Crippen LogP contribution < -0.4 is 10.9 Å². The molecule has 0 bridgehead atoms. The lowest BCUT2D eigenvalue weighted by molar-refractivity contribution is -0.113. The summed E-state index contributed by atoms with van der Waals surface area (Å²) in [7, 11) is 1.80. The normalized spacial score (nSPS) is 13.3. The molecule has 3 aromatic heterocycles. The molecule has 10 heteroatoms. The molecule has 1 fully saturated rings. The van der Waals surface area contributed by atoms with Crippen molar-refractivity contribution in [3.63, 3.8) is 0 Å². The van der Waals surface area contributed by atoms with Gasteiger partial charge in [-0.25, -0.2) is 4.68 Å². The number of carbonyl (C=O) groups excluding carboxylic acids is 1. The summed E-state index contributed by atoms with van der Waals surface area (Å²) in [6, 6.07) is 13.5. The molecule has 3 heterocycles. The van der Waals surface area contributed by atoms with Gasteiger partial charge >= 0.3 is 0 Å². The van der Waals surface area contributed by atoms with Crippen molar-refractivity contribution in [2.75, 3.05) is 11.1 Å². The lowest BCUT2D eigenvalue weighted by Crippen LogP contribution is -2.23. The number of amides is 1. The largest absolute Gasteiger partial charge is 0.319 e. The maximum Gasteiger partial charge on any atom is 0.295 e. The highest BCUT2D eigenvalue weighted by Gasteiger charge is 2.30. The van der Waals surface area contributed by atoms with E-state index in [2.05, 4.69) is 25.1 Å². The van der Waals surface area contributed by atoms with Gasteiger partial charge in [0.25, 0.3) is 5.56 Å². The van der Waals surface area contributed by atoms with Gasteiger partial charge in [0.1, 0.15) is 5.69 Å². The summed E-state index contributed by atoms with van der Waals surface area (Å²) >= 11 is 1.32. The number of thioether (sulfide) groups is 1. The number of para-hydroxylation sites is 1. The fraction of sp³-hybridized carbons (Fsp3) is 0.261. The van der Waals surface area contributed by atoms with Crippen LogP contribution in [0.5, 0.6) is 0 Å². The zero-order valence-corrected chi connectivity index (χ0v) is 19.1. The lowest BCUT2D eigenvalue weighted by atomic mass is 10.3. The van der Waals surface area contributed by atoms with Gasteiger partial charge in [0.15, 0.2) is 11.0 Å². The van der Waals surface area contributed by atoms with Gasteiger partial charge < -0.3 is 5.32 Å². The number of hydrogen-bond donors (Lipinski definition) is 1. The molecule has 1 N–H and O–H groups in total. The van der Waals surface area contributed by atoms with E-state index in [4.69, 9.17) is 0 Å². The second kappa shape index (κ2) is 8.70. The molecule has 33 heavy (non-hydrogen) atoms. The molecule has 0 saturated heterocycles. The summed E-state index contributed by atoms with van der Waals surface area (Å²) in [5, 5.41) is 12.2. The van der Waals surface area contributed by atoms with E-state index in [-0.39, 0.29) is 22.9 Å². The average molecular weight is 462 g/mol. The van der Waals surface area contributed by atoms with Gasteiger partial charge in [-0.2, -0.15) is 0 Å². The molecule has 1 aliphatic rings. The Balaban J connectivity index is 1.34. The van der Waals surface area contributed by atoms with Crippen LogP contribution in [0.15, 0.2) is 64.8 Å². The molecular weight excluding hydrogens is 438 g/mol. The van der Waals surface area contributed by atoms with E-state index in [1.54, 1.807) is 28.8 Å². The predicted octanol–water partition coefficient (Wildman–Crippen LogP) is 3.20. The van der Waals surface area contributed by atoms with Crippen LogP contribution in [-0.2, 0) is 11.8 Å². The minimum Gasteiger partial charge on any atom is -0.319 e. The van der Waals surface area contributed by atoms with Gasteiger partial charge in [0.2, 0.25) is 5.91 Å². The van der Waals surface area contributed by atoms with Crippen LogP contribution in [0.2, 0.25) is 0 Å². The van der Waals surface area contributed by atoms with Crippen LogP contribution in [-0.4, -0.2) is 40.8 Å². The molecule has 9 nitrogen and oxygen atoms in total. The van der Waals surface area contributed by atoms with Crippen LogP contribution in [0.3, 0.4) is 0 Å². The average Bonchev–Trinajstić information content (AvgIpc) is 3.56. The first kappa shape index (κ1) is 21.2. The molecule has 168 valence electrons. The van der Waals surface area contributed by atoms with Gasteiger partial charge in [0, 0.05) is 31.0 Å². The second-order valence-corrected chi connectivity index (χ2v) is 8.86. The number of aromatic nitrogens is 6. The predicted molar refractivity (Wildman–Crippen MR) is 127 cm³/mol. The van der Waals surface area contributed by atoms with Crippen LogP contribution >= 0.6 is 11.8 Å². The van der Waals surface area contributed by atoms with Crippen molar-refractivity contribution in [3.8, 4) is 17.1 Å². The minimum atomic E-state index is -0.265. The number of rotatable bonds is 7. The fourth-order valence-electron chi connectivity index (χ4n) is 3.75. The zero-order chi connectivity index (χ0) is 22.9. The monoisotopic (exact) mass is 461 g/mol. The van der Waals surface area contributed by atoms with E-state index in [0.29, 0.717) is 16.9 Å².